The second-order valence-electron chi connectivity index (χ2n) is 5.89. The average Bonchev–Trinajstić information content (AvgIpc) is 2.72. The first kappa shape index (κ1) is 20.7. The van der Waals surface area contributed by atoms with Crippen molar-refractivity contribution in [2.75, 3.05) is 29.2 Å². The number of carbonyl (C=O) groups is 4. The second-order valence-corrected chi connectivity index (χ2v) is 7.93. The molecule has 2 aromatic carbocycles. The molecule has 0 radical (unpaired) electrons. The highest BCUT2D eigenvalue weighted by molar-refractivity contribution is 8.00. The summed E-state index contributed by atoms with van der Waals surface area (Å²) in [5.74, 6) is -0.718. The van der Waals surface area contributed by atoms with E-state index in [1.807, 2.05) is 6.07 Å². The molecule has 0 unspecified atom stereocenters. The number of hydrogen-bond donors (Lipinski definition) is 3. The van der Waals surface area contributed by atoms with E-state index in [-0.39, 0.29) is 17.4 Å². The van der Waals surface area contributed by atoms with Gasteiger partial charge in [-0.25, -0.2) is 9.59 Å². The first-order valence-corrected chi connectivity index (χ1v) is 10.3. The summed E-state index contributed by atoms with van der Waals surface area (Å²) in [5.41, 5.74) is 1.90. The second kappa shape index (κ2) is 9.01. The predicted molar refractivity (Wildman–Crippen MR) is 110 cm³/mol. The smallest absolute Gasteiger partial charge is 0.337 e. The number of aromatic carboxylic acids is 1. The van der Waals surface area contributed by atoms with Gasteiger partial charge in [-0.15, -0.1) is 23.5 Å². The number of esters is 1. The van der Waals surface area contributed by atoms with Crippen LogP contribution in [-0.2, 0) is 14.3 Å². The number of fused-ring (bicyclic) bond motifs is 2. The monoisotopic (exact) mass is 432 g/mol. The third-order valence-corrected chi connectivity index (χ3v) is 6.04. The van der Waals surface area contributed by atoms with Gasteiger partial charge in [-0.2, -0.15) is 0 Å². The Bertz CT molecular complexity index is 1010. The number of methoxy groups -OCH3 is 1. The van der Waals surface area contributed by atoms with Crippen LogP contribution in [0.3, 0.4) is 0 Å². The number of hydrogen-bond acceptors (Lipinski definition) is 7. The van der Waals surface area contributed by atoms with Gasteiger partial charge in [0, 0.05) is 9.79 Å². The van der Waals surface area contributed by atoms with Crippen LogP contribution in [0.15, 0.2) is 46.2 Å². The molecule has 0 fully saturated rings. The van der Waals surface area contributed by atoms with Crippen LogP contribution in [0.25, 0.3) is 0 Å². The van der Waals surface area contributed by atoms with Gasteiger partial charge in [-0.1, -0.05) is 0 Å². The highest BCUT2D eigenvalue weighted by Crippen LogP contribution is 2.32. The van der Waals surface area contributed by atoms with Crippen molar-refractivity contribution in [2.24, 2.45) is 0 Å². The van der Waals surface area contributed by atoms with Crippen LogP contribution < -0.4 is 10.6 Å². The molecule has 3 N–H and O–H groups in total. The van der Waals surface area contributed by atoms with Crippen LogP contribution in [0.5, 0.6) is 0 Å². The molecule has 2 heterocycles. The van der Waals surface area contributed by atoms with Gasteiger partial charge in [-0.05, 0) is 36.4 Å². The average molecular weight is 432 g/mol. The fourth-order valence-corrected chi connectivity index (χ4v) is 4.12. The molecule has 2 aromatic rings. The molecule has 2 aliphatic heterocycles. The molecule has 8 nitrogen and oxygen atoms in total. The fraction of sp³-hybridized carbons (Fsp3) is 0.158. The molecule has 2 aliphatic rings. The Morgan fingerprint density at radius 2 is 1.38 bits per heavy atom. The van der Waals surface area contributed by atoms with Crippen LogP contribution in [0.2, 0.25) is 0 Å². The summed E-state index contributed by atoms with van der Waals surface area (Å²) in [5, 5.41) is 14.1. The molecule has 0 bridgehead atoms. The van der Waals surface area contributed by atoms with Crippen molar-refractivity contribution in [2.45, 2.75) is 9.79 Å². The zero-order chi connectivity index (χ0) is 21.0. The number of ether oxygens (including phenoxy) is 1. The highest BCUT2D eigenvalue weighted by Gasteiger charge is 2.18. The van der Waals surface area contributed by atoms with E-state index in [2.05, 4.69) is 15.4 Å². The van der Waals surface area contributed by atoms with Gasteiger partial charge in [0.2, 0.25) is 11.8 Å². The molecule has 10 heteroatoms. The van der Waals surface area contributed by atoms with E-state index in [9.17, 15) is 19.2 Å². The summed E-state index contributed by atoms with van der Waals surface area (Å²) < 4.78 is 4.60. The van der Waals surface area contributed by atoms with Gasteiger partial charge < -0.3 is 20.5 Å². The zero-order valence-corrected chi connectivity index (χ0v) is 16.8. The SMILES string of the molecule is COC(=O)c1ccc2c(c1)NC(=O)CS2.O=C1CSc2ccc(C(=O)O)cc2N1. The number of carbonyl (C=O) groups excluding carboxylic acids is 3. The predicted octanol–water partition coefficient (Wildman–Crippen LogP) is 2.95. The lowest BCUT2D eigenvalue weighted by atomic mass is 10.2. The molecule has 29 heavy (non-hydrogen) atoms. The van der Waals surface area contributed by atoms with Gasteiger partial charge in [0.05, 0.1) is 41.1 Å². The minimum absolute atomic E-state index is 0.0467. The Morgan fingerprint density at radius 3 is 1.86 bits per heavy atom. The number of rotatable bonds is 2. The van der Waals surface area contributed by atoms with Crippen LogP contribution >= 0.6 is 23.5 Å². The van der Waals surface area contributed by atoms with E-state index in [0.29, 0.717) is 28.4 Å². The summed E-state index contributed by atoms with van der Waals surface area (Å²) in [4.78, 5) is 45.9. The first-order chi connectivity index (χ1) is 13.9. The van der Waals surface area contributed by atoms with E-state index >= 15 is 0 Å². The Hall–Kier alpha value is -2.98. The first-order valence-electron chi connectivity index (χ1n) is 8.32. The molecular weight excluding hydrogens is 416 g/mol. The number of anilines is 2. The molecule has 0 aliphatic carbocycles. The molecule has 0 saturated heterocycles. The lowest BCUT2D eigenvalue weighted by Crippen LogP contribution is -2.19. The lowest BCUT2D eigenvalue weighted by Gasteiger charge is -2.16. The standard InChI is InChI=1S/C10H9NO3S.C9H7NO3S/c1-14-10(13)6-2-3-8-7(4-6)11-9(12)5-15-8;11-8-4-14-7-2-1-5(9(12)13)3-6(7)10-8/h2-4H,5H2,1H3,(H,11,12);1-3H,4H2,(H,10,11)(H,12,13). The minimum atomic E-state index is -0.988. The van der Waals surface area contributed by atoms with Crippen molar-refractivity contribution in [3.63, 3.8) is 0 Å². The third-order valence-electron chi connectivity index (χ3n) is 3.89. The molecular formula is C19H16N2O6S2. The van der Waals surface area contributed by atoms with Gasteiger partial charge >= 0.3 is 11.9 Å². The van der Waals surface area contributed by atoms with Gasteiger partial charge in [0.1, 0.15) is 0 Å². The van der Waals surface area contributed by atoms with Gasteiger partial charge in [-0.3, -0.25) is 9.59 Å². The molecule has 2 amide bonds. The maximum Gasteiger partial charge on any atom is 0.337 e. The van der Waals surface area contributed by atoms with E-state index in [1.165, 1.54) is 42.8 Å². The summed E-state index contributed by atoms with van der Waals surface area (Å²) in [6.07, 6.45) is 0. The van der Waals surface area contributed by atoms with E-state index in [0.717, 1.165) is 9.79 Å². The quantitative estimate of drug-likeness (QED) is 0.619. The molecule has 0 spiro atoms. The Balaban J connectivity index is 0.000000166. The van der Waals surface area contributed by atoms with Crippen molar-refractivity contribution in [3.05, 3.63) is 47.5 Å². The minimum Gasteiger partial charge on any atom is -0.478 e. The summed E-state index contributed by atoms with van der Waals surface area (Å²) >= 11 is 2.87. The van der Waals surface area contributed by atoms with Crippen molar-refractivity contribution in [1.82, 2.24) is 0 Å². The molecule has 150 valence electrons. The lowest BCUT2D eigenvalue weighted by molar-refractivity contribution is -0.114. The largest absolute Gasteiger partial charge is 0.478 e. The number of benzene rings is 2. The topological polar surface area (TPSA) is 122 Å². The van der Waals surface area contributed by atoms with E-state index < -0.39 is 11.9 Å². The van der Waals surface area contributed by atoms with Crippen molar-refractivity contribution < 1.29 is 29.0 Å². The summed E-state index contributed by atoms with van der Waals surface area (Å²) in [6.45, 7) is 0. The maximum atomic E-state index is 11.2. The fourth-order valence-electron chi connectivity index (χ4n) is 2.54. The normalized spacial score (nSPS) is 14.2. The van der Waals surface area contributed by atoms with Crippen LogP contribution in [0.4, 0.5) is 11.4 Å². The van der Waals surface area contributed by atoms with Gasteiger partial charge in [0.15, 0.2) is 0 Å². The molecule has 0 aromatic heterocycles. The van der Waals surface area contributed by atoms with E-state index in [4.69, 9.17) is 5.11 Å². The van der Waals surface area contributed by atoms with Crippen LogP contribution in [0, 0.1) is 0 Å². The molecule has 0 atom stereocenters. The number of carboxylic acids is 1. The summed E-state index contributed by atoms with van der Waals surface area (Å²) in [6, 6.07) is 9.85. The van der Waals surface area contributed by atoms with Crippen molar-refractivity contribution >= 4 is 58.7 Å². The van der Waals surface area contributed by atoms with Crippen LogP contribution in [0.1, 0.15) is 20.7 Å². The third kappa shape index (κ3) is 5.09. The molecule has 0 saturated carbocycles. The van der Waals surface area contributed by atoms with Crippen molar-refractivity contribution in [3.8, 4) is 0 Å². The van der Waals surface area contributed by atoms with Gasteiger partial charge in [0.25, 0.3) is 0 Å². The maximum absolute atomic E-state index is 11.2. The number of thioether (sulfide) groups is 2. The molecule has 4 rings (SSSR count). The van der Waals surface area contributed by atoms with E-state index in [1.54, 1.807) is 18.2 Å². The number of carboxylic acid groups (broad SMARTS) is 1. The highest BCUT2D eigenvalue weighted by atomic mass is 32.2. The number of nitrogens with one attached hydrogen (secondary N) is 2. The number of amides is 2. The Kier molecular flexibility index (Phi) is 6.45. The Morgan fingerprint density at radius 1 is 0.897 bits per heavy atom. The van der Waals surface area contributed by atoms with Crippen LogP contribution in [-0.4, -0.2) is 47.5 Å². The summed E-state index contributed by atoms with van der Waals surface area (Å²) in [7, 11) is 1.33. The van der Waals surface area contributed by atoms with Crippen molar-refractivity contribution in [1.29, 1.82) is 0 Å². The Labute approximate surface area is 174 Å². The zero-order valence-electron chi connectivity index (χ0n) is 15.2.